The van der Waals surface area contributed by atoms with E-state index in [1.807, 2.05) is 44.2 Å². The Bertz CT molecular complexity index is 896. The number of halogens is 1. The molecule has 1 atom stereocenters. The maximum Gasteiger partial charge on any atom is 0.237 e. The topological polar surface area (TPSA) is 42.0 Å². The summed E-state index contributed by atoms with van der Waals surface area (Å²) < 4.78 is 13.0. The number of anilines is 1. The van der Waals surface area contributed by atoms with Gasteiger partial charge in [-0.3, -0.25) is 4.79 Å². The molecule has 25 heavy (non-hydrogen) atoms. The number of carbonyl (C=O) groups is 1. The quantitative estimate of drug-likeness (QED) is 0.641. The highest BCUT2D eigenvalue weighted by molar-refractivity contribution is 8.00. The number of thioether (sulfide) groups is 1. The first-order valence-electron chi connectivity index (χ1n) is 8.16. The second-order valence-electron chi connectivity index (χ2n) is 5.81. The largest absolute Gasteiger partial charge is 0.325 e. The highest BCUT2D eigenvalue weighted by Crippen LogP contribution is 2.28. The van der Waals surface area contributed by atoms with Crippen LogP contribution < -0.4 is 5.32 Å². The van der Waals surface area contributed by atoms with Crippen molar-refractivity contribution in [1.82, 2.24) is 4.98 Å². The fourth-order valence-corrected chi connectivity index (χ4v) is 3.62. The van der Waals surface area contributed by atoms with Crippen molar-refractivity contribution in [2.45, 2.75) is 30.5 Å². The van der Waals surface area contributed by atoms with Crippen LogP contribution in [0.3, 0.4) is 0 Å². The number of fused-ring (bicyclic) bond motifs is 1. The van der Waals surface area contributed by atoms with Gasteiger partial charge in [0, 0.05) is 11.1 Å². The van der Waals surface area contributed by atoms with E-state index in [1.54, 1.807) is 12.1 Å². The van der Waals surface area contributed by atoms with Gasteiger partial charge in [0.25, 0.3) is 0 Å². The van der Waals surface area contributed by atoms with Gasteiger partial charge >= 0.3 is 0 Å². The van der Waals surface area contributed by atoms with Crippen LogP contribution in [0.5, 0.6) is 0 Å². The molecule has 1 N–H and O–H groups in total. The molecule has 0 fully saturated rings. The first-order chi connectivity index (χ1) is 12.1. The summed E-state index contributed by atoms with van der Waals surface area (Å²) in [5.41, 5.74) is 2.66. The molecule has 0 saturated carbocycles. The number of nitrogens with one attached hydrogen (secondary N) is 1. The Balaban J connectivity index is 1.77. The number of benzene rings is 2. The van der Waals surface area contributed by atoms with E-state index in [-0.39, 0.29) is 17.0 Å². The number of pyridine rings is 1. The van der Waals surface area contributed by atoms with Crippen LogP contribution in [0.2, 0.25) is 0 Å². The fraction of sp³-hybridized carbons (Fsp3) is 0.200. The SMILES string of the molecule is CCC(Sc1cc(C)c2ccccc2n1)C(=O)Nc1ccc(F)cc1. The van der Waals surface area contributed by atoms with Crippen molar-refractivity contribution in [2.24, 2.45) is 0 Å². The normalized spacial score (nSPS) is 12.1. The van der Waals surface area contributed by atoms with Crippen molar-refractivity contribution < 1.29 is 9.18 Å². The zero-order valence-electron chi connectivity index (χ0n) is 14.1. The molecule has 0 radical (unpaired) electrons. The number of rotatable bonds is 5. The summed E-state index contributed by atoms with van der Waals surface area (Å²) in [5, 5.41) is 4.52. The lowest BCUT2D eigenvalue weighted by Gasteiger charge is -2.15. The zero-order valence-corrected chi connectivity index (χ0v) is 14.9. The molecule has 1 amide bonds. The number of nitrogens with zero attached hydrogens (tertiary/aromatic N) is 1. The second kappa shape index (κ2) is 7.66. The monoisotopic (exact) mass is 354 g/mol. The van der Waals surface area contributed by atoms with Gasteiger partial charge < -0.3 is 5.32 Å². The summed E-state index contributed by atoms with van der Waals surface area (Å²) in [4.78, 5) is 17.2. The Morgan fingerprint density at radius 3 is 2.64 bits per heavy atom. The van der Waals surface area contributed by atoms with E-state index < -0.39 is 0 Å². The smallest absolute Gasteiger partial charge is 0.237 e. The third kappa shape index (κ3) is 4.17. The third-order valence-corrected chi connectivity index (χ3v) is 5.22. The van der Waals surface area contributed by atoms with Crippen LogP contribution in [-0.4, -0.2) is 16.1 Å². The van der Waals surface area contributed by atoms with Gasteiger partial charge in [0.05, 0.1) is 15.8 Å². The van der Waals surface area contributed by atoms with Crippen molar-refractivity contribution in [3.8, 4) is 0 Å². The molecular formula is C20H19FN2OS. The lowest BCUT2D eigenvalue weighted by atomic mass is 10.1. The standard InChI is InChI=1S/C20H19FN2OS/c1-3-18(20(24)22-15-10-8-14(21)9-11-15)25-19-12-13(2)16-6-4-5-7-17(16)23-19/h4-12,18H,3H2,1-2H3,(H,22,24). The second-order valence-corrected chi connectivity index (χ2v) is 7.03. The lowest BCUT2D eigenvalue weighted by Crippen LogP contribution is -2.24. The predicted molar refractivity (Wildman–Crippen MR) is 101 cm³/mol. The molecule has 1 unspecified atom stereocenters. The van der Waals surface area contributed by atoms with E-state index in [4.69, 9.17) is 0 Å². The number of hydrogen-bond donors (Lipinski definition) is 1. The summed E-state index contributed by atoms with van der Waals surface area (Å²) >= 11 is 1.45. The van der Waals surface area contributed by atoms with E-state index in [2.05, 4.69) is 10.3 Å². The minimum atomic E-state index is -0.324. The Morgan fingerprint density at radius 2 is 1.92 bits per heavy atom. The van der Waals surface area contributed by atoms with Crippen molar-refractivity contribution in [3.05, 3.63) is 66.0 Å². The summed E-state index contributed by atoms with van der Waals surface area (Å²) in [6, 6.07) is 15.8. The van der Waals surface area contributed by atoms with E-state index in [0.717, 1.165) is 21.5 Å². The first-order valence-corrected chi connectivity index (χ1v) is 9.04. The van der Waals surface area contributed by atoms with Crippen LogP contribution in [0.25, 0.3) is 10.9 Å². The van der Waals surface area contributed by atoms with Gasteiger partial charge in [0.1, 0.15) is 5.82 Å². The van der Waals surface area contributed by atoms with Crippen LogP contribution in [0.15, 0.2) is 59.6 Å². The molecule has 0 bridgehead atoms. The number of para-hydroxylation sites is 1. The van der Waals surface area contributed by atoms with Gasteiger partial charge in [-0.15, -0.1) is 0 Å². The van der Waals surface area contributed by atoms with Crippen molar-refractivity contribution >= 4 is 34.3 Å². The molecule has 1 aromatic heterocycles. The van der Waals surface area contributed by atoms with Crippen molar-refractivity contribution in [1.29, 1.82) is 0 Å². The molecule has 0 aliphatic heterocycles. The Hall–Kier alpha value is -2.40. The number of hydrogen-bond acceptors (Lipinski definition) is 3. The van der Waals surface area contributed by atoms with Gasteiger partial charge in [-0.25, -0.2) is 9.37 Å². The molecule has 3 nitrogen and oxygen atoms in total. The minimum absolute atomic E-state index is 0.105. The van der Waals surface area contributed by atoms with Gasteiger partial charge in [0.15, 0.2) is 0 Å². The van der Waals surface area contributed by atoms with E-state index >= 15 is 0 Å². The molecule has 0 aliphatic carbocycles. The average Bonchev–Trinajstić information content (AvgIpc) is 2.61. The fourth-order valence-electron chi connectivity index (χ4n) is 2.60. The highest BCUT2D eigenvalue weighted by Gasteiger charge is 2.19. The molecule has 0 saturated heterocycles. The zero-order chi connectivity index (χ0) is 17.8. The van der Waals surface area contributed by atoms with Crippen LogP contribution in [-0.2, 0) is 4.79 Å². The molecular weight excluding hydrogens is 335 g/mol. The number of carbonyl (C=O) groups excluding carboxylic acids is 1. The third-order valence-electron chi connectivity index (χ3n) is 3.94. The highest BCUT2D eigenvalue weighted by atomic mass is 32.2. The summed E-state index contributed by atoms with van der Waals surface area (Å²) in [5.74, 6) is -0.429. The van der Waals surface area contributed by atoms with E-state index in [1.165, 1.54) is 23.9 Å². The summed E-state index contributed by atoms with van der Waals surface area (Å²) in [7, 11) is 0. The molecule has 0 spiro atoms. The molecule has 128 valence electrons. The summed E-state index contributed by atoms with van der Waals surface area (Å²) in [6.07, 6.45) is 0.672. The van der Waals surface area contributed by atoms with E-state index in [9.17, 15) is 9.18 Å². The molecule has 2 aromatic carbocycles. The van der Waals surface area contributed by atoms with Crippen molar-refractivity contribution in [3.63, 3.8) is 0 Å². The van der Waals surface area contributed by atoms with Crippen LogP contribution in [0.4, 0.5) is 10.1 Å². The van der Waals surface area contributed by atoms with Crippen LogP contribution in [0, 0.1) is 12.7 Å². The molecule has 3 rings (SSSR count). The Kier molecular flexibility index (Phi) is 5.34. The number of amides is 1. The van der Waals surface area contributed by atoms with Crippen LogP contribution in [0.1, 0.15) is 18.9 Å². The maximum absolute atomic E-state index is 13.0. The summed E-state index contributed by atoms with van der Waals surface area (Å²) in [6.45, 7) is 4.02. The van der Waals surface area contributed by atoms with Gasteiger partial charge in [-0.2, -0.15) is 0 Å². The predicted octanol–water partition coefficient (Wildman–Crippen LogP) is 5.19. The van der Waals surface area contributed by atoms with Crippen LogP contribution >= 0.6 is 11.8 Å². The number of aromatic nitrogens is 1. The van der Waals surface area contributed by atoms with E-state index in [0.29, 0.717) is 12.1 Å². The van der Waals surface area contributed by atoms with Gasteiger partial charge in [-0.1, -0.05) is 36.9 Å². The molecule has 1 heterocycles. The first kappa shape index (κ1) is 17.4. The Labute approximate surface area is 150 Å². The minimum Gasteiger partial charge on any atom is -0.325 e. The molecule has 3 aromatic rings. The van der Waals surface area contributed by atoms with Gasteiger partial charge in [-0.05, 0) is 55.3 Å². The maximum atomic E-state index is 13.0. The van der Waals surface area contributed by atoms with Gasteiger partial charge in [0.2, 0.25) is 5.91 Å². The lowest BCUT2D eigenvalue weighted by molar-refractivity contribution is -0.115. The Morgan fingerprint density at radius 1 is 1.20 bits per heavy atom. The molecule has 0 aliphatic rings. The molecule has 5 heteroatoms. The average molecular weight is 354 g/mol. The number of aryl methyl sites for hydroxylation is 1. The van der Waals surface area contributed by atoms with Crippen molar-refractivity contribution in [2.75, 3.05) is 5.32 Å².